The molecule has 0 radical (unpaired) electrons. The molecule has 0 bridgehead atoms. The molecule has 0 aromatic heterocycles. The van der Waals surface area contributed by atoms with E-state index in [0.717, 1.165) is 51.4 Å². The third-order valence-electron chi connectivity index (χ3n) is 5.74. The third kappa shape index (κ3) is 4.47. The van der Waals surface area contributed by atoms with Crippen molar-refractivity contribution in [1.82, 2.24) is 0 Å². The van der Waals surface area contributed by atoms with E-state index < -0.39 is 20.1 Å². The van der Waals surface area contributed by atoms with Crippen molar-refractivity contribution >= 4 is 7.91 Å². The first-order valence-corrected chi connectivity index (χ1v) is 11.6. The van der Waals surface area contributed by atoms with Gasteiger partial charge in [0.25, 0.3) is 0 Å². The first kappa shape index (κ1) is 18.9. The van der Waals surface area contributed by atoms with Crippen LogP contribution in [0, 0.1) is 17.8 Å². The molecule has 0 spiro atoms. The van der Waals surface area contributed by atoms with Crippen LogP contribution >= 0.6 is 7.91 Å². The Labute approximate surface area is 145 Å². The first-order chi connectivity index (χ1) is 11.4. The van der Waals surface area contributed by atoms with Gasteiger partial charge < -0.3 is 0 Å². The normalized spacial score (nSPS) is 36.5. The van der Waals surface area contributed by atoms with E-state index in [1.165, 1.54) is 12.8 Å². The van der Waals surface area contributed by atoms with Crippen LogP contribution in [0.1, 0.15) is 78.1 Å². The molecule has 3 nitrogen and oxygen atoms in total. The van der Waals surface area contributed by atoms with Crippen LogP contribution in [0.15, 0.2) is 0 Å². The van der Waals surface area contributed by atoms with Gasteiger partial charge in [-0.2, -0.15) is 0 Å². The number of hydrogen-bond donors (Lipinski definition) is 0. The molecule has 1 heterocycles. The van der Waals surface area contributed by atoms with Gasteiger partial charge in [0.15, 0.2) is 0 Å². The van der Waals surface area contributed by atoms with Gasteiger partial charge in [-0.1, -0.05) is 0 Å². The predicted molar refractivity (Wildman–Crippen MR) is 92.8 cm³/mol. The molecule has 0 N–H and O–H groups in total. The van der Waals surface area contributed by atoms with Crippen molar-refractivity contribution in [3.63, 3.8) is 0 Å². The molecule has 3 aliphatic rings. The Morgan fingerprint density at radius 3 is 1.62 bits per heavy atom. The van der Waals surface area contributed by atoms with Crippen LogP contribution in [-0.2, 0) is 13.6 Å². The van der Waals surface area contributed by atoms with Crippen LogP contribution in [0.3, 0.4) is 0 Å². The predicted octanol–water partition coefficient (Wildman–Crippen LogP) is 6.67. The van der Waals surface area contributed by atoms with Crippen molar-refractivity contribution in [2.45, 2.75) is 90.3 Å². The summed E-state index contributed by atoms with van der Waals surface area (Å²) < 4.78 is 46.3. The Kier molecular flexibility index (Phi) is 5.86. The van der Waals surface area contributed by atoms with Crippen molar-refractivity contribution < 1.29 is 22.0 Å². The topological polar surface area (TPSA) is 27.7 Å². The van der Waals surface area contributed by atoms with Crippen LogP contribution in [0.25, 0.3) is 0 Å². The van der Waals surface area contributed by atoms with Crippen LogP contribution in [0.2, 0.25) is 0 Å². The molecule has 2 saturated carbocycles. The standard InChI is InChI=1S/C18H33F2O3P/c1-14(2)13-21-24(19,20)22-17(15-9-5-3-6-10-15)18(23-24)16-11-7-4-8-12-16/h14-18H,3-13H2,1-2H3. The zero-order valence-corrected chi connectivity index (χ0v) is 16.0. The summed E-state index contributed by atoms with van der Waals surface area (Å²) in [6.07, 6.45) is 9.83. The van der Waals surface area contributed by atoms with Gasteiger partial charge in [-0.25, -0.2) is 0 Å². The maximum atomic E-state index is 15.2. The molecule has 2 aliphatic carbocycles. The van der Waals surface area contributed by atoms with Gasteiger partial charge in [0.2, 0.25) is 0 Å². The van der Waals surface area contributed by atoms with Crippen molar-refractivity contribution in [3.8, 4) is 0 Å². The van der Waals surface area contributed by atoms with E-state index in [-0.39, 0.29) is 24.4 Å². The molecule has 0 aromatic carbocycles. The summed E-state index contributed by atoms with van der Waals surface area (Å²) in [5, 5.41) is 0. The van der Waals surface area contributed by atoms with Gasteiger partial charge in [0, 0.05) is 0 Å². The molecule has 3 fully saturated rings. The Bertz CT molecular complexity index is 390. The van der Waals surface area contributed by atoms with Crippen LogP contribution < -0.4 is 0 Å². The second-order valence-corrected chi connectivity index (χ2v) is 10.4. The molecule has 142 valence electrons. The van der Waals surface area contributed by atoms with Gasteiger partial charge >= 0.3 is 144 Å². The molecule has 6 heteroatoms. The second-order valence-electron chi connectivity index (χ2n) is 8.33. The van der Waals surface area contributed by atoms with Gasteiger partial charge in [0.1, 0.15) is 0 Å². The Morgan fingerprint density at radius 2 is 1.25 bits per heavy atom. The van der Waals surface area contributed by atoms with Gasteiger partial charge in [-0.3, -0.25) is 0 Å². The molecule has 3 rings (SSSR count). The fourth-order valence-corrected chi connectivity index (χ4v) is 6.54. The fraction of sp³-hybridized carbons (Fsp3) is 1.00. The Hall–Kier alpha value is 0.170. The third-order valence-corrected chi connectivity index (χ3v) is 7.44. The summed E-state index contributed by atoms with van der Waals surface area (Å²) in [5.41, 5.74) is 0. The molecule has 0 aromatic rings. The first-order valence-electron chi connectivity index (χ1n) is 9.84. The molecule has 1 saturated heterocycles. The van der Waals surface area contributed by atoms with Crippen molar-refractivity contribution in [2.75, 3.05) is 6.61 Å². The van der Waals surface area contributed by atoms with Crippen molar-refractivity contribution in [1.29, 1.82) is 0 Å². The molecule has 0 amide bonds. The van der Waals surface area contributed by atoms with E-state index in [4.69, 9.17) is 13.6 Å². The van der Waals surface area contributed by atoms with E-state index >= 15 is 8.39 Å². The Morgan fingerprint density at radius 1 is 0.833 bits per heavy atom. The summed E-state index contributed by atoms with van der Waals surface area (Å²) in [6.45, 7) is 3.72. The summed E-state index contributed by atoms with van der Waals surface area (Å²) in [5.74, 6) is 0.428. The molecule has 24 heavy (non-hydrogen) atoms. The number of halogens is 2. The van der Waals surface area contributed by atoms with E-state index in [2.05, 4.69) is 0 Å². The quantitative estimate of drug-likeness (QED) is 0.509. The maximum absolute atomic E-state index is 15.2. The molecule has 1 aliphatic heterocycles. The van der Waals surface area contributed by atoms with E-state index in [9.17, 15) is 0 Å². The SMILES string of the molecule is CC(C)COP1(F)(F)OC(C2CCCCC2)C(C2CCCCC2)O1. The van der Waals surface area contributed by atoms with Gasteiger partial charge in [-0.15, -0.1) is 0 Å². The summed E-state index contributed by atoms with van der Waals surface area (Å²) >= 11 is 0. The summed E-state index contributed by atoms with van der Waals surface area (Å²) in [7, 11) is -5.93. The molecule has 2 unspecified atom stereocenters. The zero-order valence-electron chi connectivity index (χ0n) is 15.1. The second kappa shape index (κ2) is 7.42. The Balaban J connectivity index is 1.77. The van der Waals surface area contributed by atoms with Crippen LogP contribution in [0.4, 0.5) is 8.39 Å². The van der Waals surface area contributed by atoms with E-state index in [0.29, 0.717) is 0 Å². The molecule has 2 atom stereocenters. The van der Waals surface area contributed by atoms with Crippen molar-refractivity contribution in [2.24, 2.45) is 17.8 Å². The molecular formula is C18H33F2O3P. The van der Waals surface area contributed by atoms with Gasteiger partial charge in [-0.05, 0) is 0 Å². The average Bonchev–Trinajstić information content (AvgIpc) is 2.89. The van der Waals surface area contributed by atoms with Gasteiger partial charge in [0.05, 0.1) is 0 Å². The number of hydrogen-bond acceptors (Lipinski definition) is 3. The minimum absolute atomic E-state index is 0.0143. The molecular weight excluding hydrogens is 333 g/mol. The summed E-state index contributed by atoms with van der Waals surface area (Å²) in [4.78, 5) is 0. The van der Waals surface area contributed by atoms with E-state index in [1.54, 1.807) is 0 Å². The van der Waals surface area contributed by atoms with Crippen LogP contribution in [-0.4, -0.2) is 18.8 Å². The van der Waals surface area contributed by atoms with E-state index in [1.807, 2.05) is 13.8 Å². The monoisotopic (exact) mass is 366 g/mol. The zero-order chi connectivity index (χ0) is 17.2. The minimum atomic E-state index is -5.93. The average molecular weight is 366 g/mol. The fourth-order valence-electron chi connectivity index (χ4n) is 4.49. The number of rotatable bonds is 5. The summed E-state index contributed by atoms with van der Waals surface area (Å²) in [6, 6.07) is 0. The van der Waals surface area contributed by atoms with Crippen molar-refractivity contribution in [3.05, 3.63) is 0 Å². The van der Waals surface area contributed by atoms with Crippen LogP contribution in [0.5, 0.6) is 0 Å².